The molecule has 114 valence electrons. The molecule has 8 heteroatoms. The molecule has 2 aromatic rings. The molecule has 0 aliphatic heterocycles. The Kier molecular flexibility index (Phi) is 5.27. The van der Waals surface area contributed by atoms with Crippen LogP contribution in [0.2, 0.25) is 0 Å². The van der Waals surface area contributed by atoms with Crippen LogP contribution in [0.1, 0.15) is 13.8 Å². The van der Waals surface area contributed by atoms with E-state index in [2.05, 4.69) is 15.4 Å². The summed E-state index contributed by atoms with van der Waals surface area (Å²) in [5.74, 6) is 0.757. The standard InChI is InChI=1S/C13H19N5OS2/c1-9(2)14-11(19)7-17(3)8-18-13(20)15-12(16-18)10-5-4-6-21-10/h4-6,9H,7-8H2,1-3H3,(H,14,19)(H,15,16,20). The monoisotopic (exact) mass is 325 g/mol. The second kappa shape index (κ2) is 6.97. The van der Waals surface area contributed by atoms with E-state index >= 15 is 0 Å². The fraction of sp³-hybridized carbons (Fsp3) is 0.462. The summed E-state index contributed by atoms with van der Waals surface area (Å²) in [6.45, 7) is 4.68. The first-order chi connectivity index (χ1) is 9.95. The Labute approximate surface area is 132 Å². The summed E-state index contributed by atoms with van der Waals surface area (Å²) >= 11 is 6.85. The number of carbonyl (C=O) groups excluding carboxylic acids is 1. The molecule has 2 aromatic heterocycles. The summed E-state index contributed by atoms with van der Waals surface area (Å²) in [5, 5.41) is 8.02. The number of amides is 1. The molecule has 0 fully saturated rings. The molecule has 0 bridgehead atoms. The lowest BCUT2D eigenvalue weighted by Crippen LogP contribution is -2.39. The molecule has 0 aromatic carbocycles. The Bertz CT molecular complexity index is 644. The van der Waals surface area contributed by atoms with E-state index in [1.165, 1.54) is 0 Å². The molecule has 0 saturated heterocycles. The van der Waals surface area contributed by atoms with Crippen LogP contribution in [0.4, 0.5) is 0 Å². The molecule has 0 aliphatic carbocycles. The van der Waals surface area contributed by atoms with E-state index in [9.17, 15) is 4.79 Å². The minimum absolute atomic E-state index is 0.00276. The van der Waals surface area contributed by atoms with Crippen molar-refractivity contribution in [3.05, 3.63) is 22.3 Å². The fourth-order valence-corrected chi connectivity index (χ4v) is 2.74. The van der Waals surface area contributed by atoms with Crippen molar-refractivity contribution >= 4 is 29.5 Å². The Morgan fingerprint density at radius 3 is 3.00 bits per heavy atom. The van der Waals surface area contributed by atoms with Crippen molar-refractivity contribution < 1.29 is 4.79 Å². The molecule has 2 N–H and O–H groups in total. The largest absolute Gasteiger partial charge is 0.353 e. The van der Waals surface area contributed by atoms with E-state index in [-0.39, 0.29) is 11.9 Å². The van der Waals surface area contributed by atoms with Crippen molar-refractivity contribution in [3.8, 4) is 10.7 Å². The number of nitrogens with one attached hydrogen (secondary N) is 2. The number of rotatable bonds is 6. The van der Waals surface area contributed by atoms with E-state index in [1.54, 1.807) is 16.0 Å². The summed E-state index contributed by atoms with van der Waals surface area (Å²) in [6.07, 6.45) is 0. The predicted octanol–water partition coefficient (Wildman–Crippen LogP) is 2.08. The molecule has 2 heterocycles. The number of aromatic amines is 1. The number of carbonyl (C=O) groups is 1. The van der Waals surface area contributed by atoms with Crippen LogP contribution in [0.3, 0.4) is 0 Å². The quantitative estimate of drug-likeness (QED) is 0.798. The minimum atomic E-state index is -0.00276. The Morgan fingerprint density at radius 2 is 2.38 bits per heavy atom. The van der Waals surface area contributed by atoms with E-state index in [0.29, 0.717) is 18.0 Å². The molecule has 21 heavy (non-hydrogen) atoms. The Hall–Kier alpha value is -1.51. The first kappa shape index (κ1) is 15.9. The predicted molar refractivity (Wildman–Crippen MR) is 86.6 cm³/mol. The average molecular weight is 325 g/mol. The summed E-state index contributed by atoms with van der Waals surface area (Å²) in [4.78, 5) is 19.0. The van der Waals surface area contributed by atoms with Crippen LogP contribution >= 0.6 is 23.6 Å². The third-order valence-electron chi connectivity index (χ3n) is 2.68. The Balaban J connectivity index is 2.00. The van der Waals surface area contributed by atoms with Crippen LogP contribution in [0.5, 0.6) is 0 Å². The lowest BCUT2D eigenvalue weighted by Gasteiger charge is -2.17. The van der Waals surface area contributed by atoms with Crippen molar-refractivity contribution in [2.45, 2.75) is 26.6 Å². The van der Waals surface area contributed by atoms with Crippen LogP contribution < -0.4 is 5.32 Å². The van der Waals surface area contributed by atoms with Crippen molar-refractivity contribution in [2.75, 3.05) is 13.6 Å². The van der Waals surface area contributed by atoms with E-state index < -0.39 is 0 Å². The SMILES string of the molecule is CC(C)NC(=O)CN(C)Cn1[nH]c(-c2cccs2)nc1=S. The normalized spacial score (nSPS) is 11.3. The van der Waals surface area contributed by atoms with Gasteiger partial charge in [-0.3, -0.25) is 14.8 Å². The molecule has 2 rings (SSSR count). The van der Waals surface area contributed by atoms with Crippen LogP contribution in [0.15, 0.2) is 17.5 Å². The number of likely N-dealkylation sites (N-methyl/N-ethyl adjacent to an activating group) is 1. The van der Waals surface area contributed by atoms with E-state index in [1.807, 2.05) is 43.3 Å². The zero-order chi connectivity index (χ0) is 15.4. The van der Waals surface area contributed by atoms with Gasteiger partial charge in [-0.2, -0.15) is 4.98 Å². The second-order valence-electron chi connectivity index (χ2n) is 5.14. The fourth-order valence-electron chi connectivity index (χ4n) is 1.88. The molecule has 0 unspecified atom stereocenters. The Morgan fingerprint density at radius 1 is 1.62 bits per heavy atom. The van der Waals surface area contributed by atoms with Crippen molar-refractivity contribution in [1.82, 2.24) is 25.0 Å². The van der Waals surface area contributed by atoms with Gasteiger partial charge in [-0.15, -0.1) is 11.3 Å². The topological polar surface area (TPSA) is 66.0 Å². The smallest absolute Gasteiger partial charge is 0.234 e. The first-order valence-corrected chi connectivity index (χ1v) is 7.93. The molecule has 0 atom stereocenters. The molecule has 0 aliphatic rings. The molecule has 0 radical (unpaired) electrons. The second-order valence-corrected chi connectivity index (χ2v) is 6.45. The number of H-pyrrole nitrogens is 1. The maximum atomic E-state index is 11.7. The van der Waals surface area contributed by atoms with Gasteiger partial charge in [0.2, 0.25) is 10.7 Å². The molecular formula is C13H19N5OS2. The molecule has 1 amide bonds. The van der Waals surface area contributed by atoms with Gasteiger partial charge >= 0.3 is 0 Å². The van der Waals surface area contributed by atoms with E-state index in [4.69, 9.17) is 12.2 Å². The maximum Gasteiger partial charge on any atom is 0.234 e. The van der Waals surface area contributed by atoms with E-state index in [0.717, 1.165) is 10.7 Å². The summed E-state index contributed by atoms with van der Waals surface area (Å²) in [5.41, 5.74) is 0. The number of nitrogens with zero attached hydrogens (tertiary/aromatic N) is 3. The highest BCUT2D eigenvalue weighted by molar-refractivity contribution is 7.71. The summed E-state index contributed by atoms with van der Waals surface area (Å²) < 4.78 is 2.24. The highest BCUT2D eigenvalue weighted by Gasteiger charge is 2.10. The maximum absolute atomic E-state index is 11.7. The van der Waals surface area contributed by atoms with Gasteiger partial charge in [0.05, 0.1) is 18.1 Å². The summed E-state index contributed by atoms with van der Waals surface area (Å²) in [7, 11) is 1.87. The van der Waals surface area contributed by atoms with Crippen LogP contribution in [-0.4, -0.2) is 45.2 Å². The number of thiophene rings is 1. The van der Waals surface area contributed by atoms with Crippen molar-refractivity contribution in [1.29, 1.82) is 0 Å². The number of aromatic nitrogens is 3. The number of hydrogen-bond acceptors (Lipinski definition) is 5. The van der Waals surface area contributed by atoms with Gasteiger partial charge in [0.25, 0.3) is 0 Å². The lowest BCUT2D eigenvalue weighted by molar-refractivity contribution is -0.122. The highest BCUT2D eigenvalue weighted by atomic mass is 32.1. The zero-order valence-electron chi connectivity index (χ0n) is 12.3. The molecular weight excluding hydrogens is 306 g/mol. The number of hydrogen-bond donors (Lipinski definition) is 2. The lowest BCUT2D eigenvalue weighted by atomic mass is 10.4. The highest BCUT2D eigenvalue weighted by Crippen LogP contribution is 2.20. The van der Waals surface area contributed by atoms with Crippen molar-refractivity contribution in [3.63, 3.8) is 0 Å². The van der Waals surface area contributed by atoms with Gasteiger partial charge in [0, 0.05) is 6.04 Å². The van der Waals surface area contributed by atoms with Gasteiger partial charge < -0.3 is 5.32 Å². The van der Waals surface area contributed by atoms with Gasteiger partial charge in [0.15, 0.2) is 5.82 Å². The zero-order valence-corrected chi connectivity index (χ0v) is 13.9. The van der Waals surface area contributed by atoms with Crippen LogP contribution in [-0.2, 0) is 11.5 Å². The van der Waals surface area contributed by atoms with Crippen LogP contribution in [0, 0.1) is 4.77 Å². The third kappa shape index (κ3) is 4.48. The third-order valence-corrected chi connectivity index (χ3v) is 3.87. The molecule has 6 nitrogen and oxygen atoms in total. The van der Waals surface area contributed by atoms with Crippen LogP contribution in [0.25, 0.3) is 10.7 Å². The van der Waals surface area contributed by atoms with Crippen molar-refractivity contribution in [2.24, 2.45) is 0 Å². The summed E-state index contributed by atoms with van der Waals surface area (Å²) in [6, 6.07) is 4.10. The van der Waals surface area contributed by atoms with Gasteiger partial charge in [-0.05, 0) is 44.6 Å². The first-order valence-electron chi connectivity index (χ1n) is 6.64. The van der Waals surface area contributed by atoms with Gasteiger partial charge in [-0.25, -0.2) is 4.68 Å². The minimum Gasteiger partial charge on any atom is -0.353 e. The average Bonchev–Trinajstić information content (AvgIpc) is 2.98. The molecule has 0 spiro atoms. The van der Waals surface area contributed by atoms with Gasteiger partial charge in [-0.1, -0.05) is 6.07 Å². The van der Waals surface area contributed by atoms with Gasteiger partial charge in [0.1, 0.15) is 0 Å². The molecule has 0 saturated carbocycles.